The van der Waals surface area contributed by atoms with Gasteiger partial charge in [0.2, 0.25) is 0 Å². The summed E-state index contributed by atoms with van der Waals surface area (Å²) in [6.07, 6.45) is 11.8. The number of halogens is 1. The van der Waals surface area contributed by atoms with Crippen LogP contribution in [0.1, 0.15) is 45.4 Å². The van der Waals surface area contributed by atoms with E-state index in [2.05, 4.69) is 6.58 Å². The van der Waals surface area contributed by atoms with Gasteiger partial charge in [0.15, 0.2) is 0 Å². The molecule has 0 heterocycles. The van der Waals surface area contributed by atoms with Gasteiger partial charge in [0.05, 0.1) is 0 Å². The number of alkyl halides is 1. The number of unbranched alkanes of at least 4 members (excludes halogenated alkanes) is 1. The molecule has 0 radical (unpaired) electrons. The van der Waals surface area contributed by atoms with E-state index in [1.807, 2.05) is 19.1 Å². The lowest BCUT2D eigenvalue weighted by Gasteiger charge is -1.99. The van der Waals surface area contributed by atoms with E-state index < -0.39 is 0 Å². The summed E-state index contributed by atoms with van der Waals surface area (Å²) in [7, 11) is 0. The average molecular weight is 301 g/mol. The second-order valence-corrected chi connectivity index (χ2v) is 5.36. The predicted octanol–water partition coefficient (Wildman–Crippen LogP) is 4.05. The van der Waals surface area contributed by atoms with E-state index in [4.69, 9.17) is 16.3 Å². The summed E-state index contributed by atoms with van der Waals surface area (Å²) < 4.78 is 4.79. The van der Waals surface area contributed by atoms with Crippen molar-refractivity contribution in [1.82, 2.24) is 0 Å². The van der Waals surface area contributed by atoms with Crippen LogP contribution in [0.4, 0.5) is 0 Å². The van der Waals surface area contributed by atoms with Crippen LogP contribution in [0.2, 0.25) is 0 Å². The van der Waals surface area contributed by atoms with E-state index in [0.717, 1.165) is 38.4 Å². The van der Waals surface area contributed by atoms with E-state index >= 15 is 0 Å². The maximum absolute atomic E-state index is 10.9. The van der Waals surface area contributed by atoms with Crippen molar-refractivity contribution in [3.63, 3.8) is 0 Å². The Labute approximate surface area is 127 Å². The number of rotatable bonds is 7. The standard InChI is InChI=1S/C10H16O2.C6H9ClO/c1-3-5-6-7-8-10(11)12-9-4-2;7-6-2-1-5(3-6)4-8/h3-5H,2,6-9H2,1H3;4-6H,1-3H2/b5-3-;. The van der Waals surface area contributed by atoms with Crippen molar-refractivity contribution in [2.45, 2.75) is 50.8 Å². The number of aldehydes is 1. The van der Waals surface area contributed by atoms with Crippen LogP contribution in [0, 0.1) is 5.92 Å². The van der Waals surface area contributed by atoms with Gasteiger partial charge in [-0.1, -0.05) is 24.8 Å². The van der Waals surface area contributed by atoms with Crippen LogP contribution in [0.15, 0.2) is 24.8 Å². The molecule has 0 spiro atoms. The van der Waals surface area contributed by atoms with E-state index in [0.29, 0.717) is 13.0 Å². The van der Waals surface area contributed by atoms with Crippen LogP contribution in [0.5, 0.6) is 0 Å². The highest BCUT2D eigenvalue weighted by atomic mass is 35.5. The van der Waals surface area contributed by atoms with Crippen molar-refractivity contribution in [3.8, 4) is 0 Å². The Bertz CT molecular complexity index is 313. The van der Waals surface area contributed by atoms with Crippen molar-refractivity contribution < 1.29 is 14.3 Å². The molecule has 1 saturated carbocycles. The molecular formula is C16H25ClO3. The smallest absolute Gasteiger partial charge is 0.306 e. The van der Waals surface area contributed by atoms with Gasteiger partial charge in [0, 0.05) is 17.7 Å². The quantitative estimate of drug-likeness (QED) is 0.234. The maximum Gasteiger partial charge on any atom is 0.306 e. The Morgan fingerprint density at radius 3 is 2.65 bits per heavy atom. The lowest BCUT2D eigenvalue weighted by molar-refractivity contribution is -0.142. The number of carbonyl (C=O) groups is 2. The van der Waals surface area contributed by atoms with Crippen molar-refractivity contribution in [2.75, 3.05) is 6.61 Å². The molecule has 0 aromatic carbocycles. The summed E-state index contributed by atoms with van der Waals surface area (Å²) in [5.41, 5.74) is 0. The lowest BCUT2D eigenvalue weighted by Crippen LogP contribution is -2.03. The van der Waals surface area contributed by atoms with Crippen LogP contribution in [-0.4, -0.2) is 24.2 Å². The van der Waals surface area contributed by atoms with Gasteiger partial charge in [0.1, 0.15) is 12.9 Å². The zero-order chi connectivity index (χ0) is 15.2. The fourth-order valence-electron chi connectivity index (χ4n) is 1.84. The normalized spacial score (nSPS) is 21.1. The summed E-state index contributed by atoms with van der Waals surface area (Å²) in [6.45, 7) is 5.74. The maximum atomic E-state index is 10.9. The number of hydrogen-bond acceptors (Lipinski definition) is 3. The Morgan fingerprint density at radius 2 is 2.20 bits per heavy atom. The molecule has 0 amide bonds. The summed E-state index contributed by atoms with van der Waals surface area (Å²) >= 11 is 5.73. The van der Waals surface area contributed by atoms with Gasteiger partial charge in [-0.15, -0.1) is 11.6 Å². The van der Waals surface area contributed by atoms with Gasteiger partial charge < -0.3 is 9.53 Å². The molecule has 0 saturated heterocycles. The average Bonchev–Trinajstić information content (AvgIpc) is 2.88. The zero-order valence-electron chi connectivity index (χ0n) is 12.2. The van der Waals surface area contributed by atoms with Crippen LogP contribution in [0.3, 0.4) is 0 Å². The van der Waals surface area contributed by atoms with E-state index in [1.54, 1.807) is 6.08 Å². The van der Waals surface area contributed by atoms with E-state index in [9.17, 15) is 9.59 Å². The number of ether oxygens (including phenoxy) is 1. The minimum atomic E-state index is -0.139. The van der Waals surface area contributed by atoms with Gasteiger partial charge in [-0.3, -0.25) is 4.79 Å². The van der Waals surface area contributed by atoms with Gasteiger partial charge in [-0.2, -0.15) is 0 Å². The SMILES string of the molecule is C=CCOC(=O)CCC/C=C\C.O=CC1CCC(Cl)C1. The second-order valence-electron chi connectivity index (χ2n) is 4.74. The molecule has 2 atom stereocenters. The van der Waals surface area contributed by atoms with Gasteiger partial charge in [-0.05, 0) is 39.0 Å². The molecule has 3 nitrogen and oxygen atoms in total. The Morgan fingerprint density at radius 1 is 1.45 bits per heavy atom. The van der Waals surface area contributed by atoms with Crippen molar-refractivity contribution in [3.05, 3.63) is 24.8 Å². The lowest BCUT2D eigenvalue weighted by atomic mass is 10.1. The predicted molar refractivity (Wildman–Crippen MR) is 82.9 cm³/mol. The van der Waals surface area contributed by atoms with E-state index in [1.165, 1.54) is 0 Å². The highest BCUT2D eigenvalue weighted by Gasteiger charge is 2.21. The molecule has 0 aromatic rings. The summed E-state index contributed by atoms with van der Waals surface area (Å²) in [4.78, 5) is 21.0. The zero-order valence-corrected chi connectivity index (χ0v) is 13.0. The molecule has 2 unspecified atom stereocenters. The molecule has 0 aliphatic heterocycles. The van der Waals surface area contributed by atoms with Gasteiger partial charge in [0.25, 0.3) is 0 Å². The Hall–Kier alpha value is -1.09. The molecule has 1 fully saturated rings. The Kier molecular flexibility index (Phi) is 12.2. The molecular weight excluding hydrogens is 276 g/mol. The third-order valence-corrected chi connectivity index (χ3v) is 3.35. The molecule has 1 aliphatic rings. The molecule has 4 heteroatoms. The molecule has 0 N–H and O–H groups in total. The van der Waals surface area contributed by atoms with Crippen molar-refractivity contribution in [1.29, 1.82) is 0 Å². The fraction of sp³-hybridized carbons (Fsp3) is 0.625. The highest BCUT2D eigenvalue weighted by molar-refractivity contribution is 6.20. The van der Waals surface area contributed by atoms with Gasteiger partial charge in [-0.25, -0.2) is 0 Å². The number of hydrogen-bond donors (Lipinski definition) is 0. The second kappa shape index (κ2) is 12.9. The minimum absolute atomic E-state index is 0.139. The monoisotopic (exact) mass is 300 g/mol. The molecule has 1 rings (SSSR count). The summed E-state index contributed by atoms with van der Waals surface area (Å²) in [5, 5.41) is 0.269. The first kappa shape index (κ1) is 18.9. The van der Waals surface area contributed by atoms with Crippen molar-refractivity contribution >= 4 is 23.9 Å². The van der Waals surface area contributed by atoms with Crippen LogP contribution in [0.25, 0.3) is 0 Å². The summed E-state index contributed by atoms with van der Waals surface area (Å²) in [5.74, 6) is 0.122. The number of esters is 1. The molecule has 1 aliphatic carbocycles. The van der Waals surface area contributed by atoms with Crippen LogP contribution < -0.4 is 0 Å². The number of carbonyl (C=O) groups excluding carboxylic acids is 2. The fourth-order valence-corrected chi connectivity index (χ4v) is 2.19. The first-order valence-electron chi connectivity index (χ1n) is 7.11. The highest BCUT2D eigenvalue weighted by Crippen LogP contribution is 2.27. The largest absolute Gasteiger partial charge is 0.461 e. The van der Waals surface area contributed by atoms with Crippen LogP contribution >= 0.6 is 11.6 Å². The molecule has 0 bridgehead atoms. The minimum Gasteiger partial charge on any atom is -0.461 e. The van der Waals surface area contributed by atoms with E-state index in [-0.39, 0.29) is 17.3 Å². The molecule has 20 heavy (non-hydrogen) atoms. The molecule has 114 valence electrons. The van der Waals surface area contributed by atoms with Gasteiger partial charge >= 0.3 is 5.97 Å². The van der Waals surface area contributed by atoms with Crippen LogP contribution in [-0.2, 0) is 14.3 Å². The first-order valence-corrected chi connectivity index (χ1v) is 7.54. The third-order valence-electron chi connectivity index (χ3n) is 2.95. The number of allylic oxidation sites excluding steroid dienone is 2. The topological polar surface area (TPSA) is 43.4 Å². The first-order chi connectivity index (χ1) is 9.63. The summed E-state index contributed by atoms with van der Waals surface area (Å²) in [6, 6.07) is 0. The van der Waals surface area contributed by atoms with Crippen molar-refractivity contribution in [2.24, 2.45) is 5.92 Å². The Balaban J connectivity index is 0.000000388. The molecule has 0 aromatic heterocycles. The third kappa shape index (κ3) is 10.8.